The Hall–Kier alpha value is -3.81. The third-order valence-corrected chi connectivity index (χ3v) is 5.32. The number of hydrazone groups is 1. The molecule has 1 atom stereocenters. The topological polar surface area (TPSA) is 97.7 Å². The second-order valence-electron chi connectivity index (χ2n) is 8.41. The average Bonchev–Trinajstić information content (AvgIpc) is 3.13. The van der Waals surface area contributed by atoms with Crippen molar-refractivity contribution in [2.24, 2.45) is 11.0 Å². The fraction of sp³-hybridized carbons (Fsp3) is 0.346. The highest BCUT2D eigenvalue weighted by Gasteiger charge is 2.31. The molecule has 3 rings (SSSR count). The molecular formula is C26H30N2O6. The van der Waals surface area contributed by atoms with Crippen molar-refractivity contribution in [2.45, 2.75) is 40.2 Å². The first-order valence-electron chi connectivity index (χ1n) is 11.0. The van der Waals surface area contributed by atoms with Crippen molar-refractivity contribution in [1.29, 1.82) is 0 Å². The van der Waals surface area contributed by atoms with Crippen LogP contribution in [0.5, 0.6) is 23.0 Å². The fourth-order valence-electron chi connectivity index (χ4n) is 3.79. The Balaban J connectivity index is 2.00. The van der Waals surface area contributed by atoms with Crippen molar-refractivity contribution >= 4 is 23.7 Å². The smallest absolute Gasteiger partial charge is 0.308 e. The highest BCUT2D eigenvalue weighted by atomic mass is 16.5. The summed E-state index contributed by atoms with van der Waals surface area (Å²) in [7, 11) is 3.35. The number of allylic oxidation sites excluding steroid dienone is 1. The molecule has 0 saturated carbocycles. The highest BCUT2D eigenvalue weighted by molar-refractivity contribution is 6.07. The molecule has 0 fully saturated rings. The van der Waals surface area contributed by atoms with Crippen LogP contribution in [0, 0.1) is 5.92 Å². The minimum Gasteiger partial charge on any atom is -0.506 e. The molecule has 1 N–H and O–H groups in total. The van der Waals surface area contributed by atoms with Gasteiger partial charge in [0.25, 0.3) is 0 Å². The number of methoxy groups -OCH3 is 1. The first-order chi connectivity index (χ1) is 16.1. The molecule has 180 valence electrons. The van der Waals surface area contributed by atoms with Crippen molar-refractivity contribution in [3.63, 3.8) is 0 Å². The summed E-state index contributed by atoms with van der Waals surface area (Å²) < 4.78 is 16.0. The number of carbonyl (C=O) groups is 2. The van der Waals surface area contributed by atoms with Crippen LogP contribution in [0.1, 0.15) is 56.8 Å². The number of carbonyl (C=O) groups excluding carboxylic acids is 2. The second kappa shape index (κ2) is 10.4. The Morgan fingerprint density at radius 3 is 2.32 bits per heavy atom. The lowest BCUT2D eigenvalue weighted by molar-refractivity contribution is -0.132. The molecule has 8 nitrogen and oxygen atoms in total. The van der Waals surface area contributed by atoms with Crippen LogP contribution >= 0.6 is 0 Å². The van der Waals surface area contributed by atoms with Gasteiger partial charge in [0.1, 0.15) is 23.0 Å². The summed E-state index contributed by atoms with van der Waals surface area (Å²) >= 11 is 0. The molecule has 0 bridgehead atoms. The standard InChI is InChI=1S/C26H30N2O6/c1-15(2)7-12-20-23(34-17(4)30)14-24(32-6)25(26(20)31)21-13-22(28(5)27-21)18-8-10-19(11-9-18)33-16(3)29/h7-12,14-15,22,31H,13H2,1-6H3. The number of aromatic hydroxyl groups is 1. The van der Waals surface area contributed by atoms with Gasteiger partial charge in [-0.2, -0.15) is 5.10 Å². The van der Waals surface area contributed by atoms with E-state index in [0.717, 1.165) is 5.56 Å². The lowest BCUT2D eigenvalue weighted by Crippen LogP contribution is -2.14. The molecule has 0 amide bonds. The van der Waals surface area contributed by atoms with Crippen molar-refractivity contribution in [1.82, 2.24) is 5.01 Å². The molecule has 2 aromatic rings. The molecule has 2 aromatic carbocycles. The van der Waals surface area contributed by atoms with Crippen LogP contribution in [-0.2, 0) is 9.59 Å². The fourth-order valence-corrected chi connectivity index (χ4v) is 3.79. The Labute approximate surface area is 199 Å². The zero-order valence-corrected chi connectivity index (χ0v) is 20.3. The highest BCUT2D eigenvalue weighted by Crippen LogP contribution is 2.43. The number of hydrogen-bond acceptors (Lipinski definition) is 8. The third-order valence-electron chi connectivity index (χ3n) is 5.32. The van der Waals surface area contributed by atoms with Crippen LogP contribution in [0.4, 0.5) is 0 Å². The zero-order chi connectivity index (χ0) is 25.0. The average molecular weight is 467 g/mol. The van der Waals surface area contributed by atoms with Gasteiger partial charge in [-0.1, -0.05) is 38.1 Å². The predicted octanol–water partition coefficient (Wildman–Crippen LogP) is 4.70. The first kappa shape index (κ1) is 24.8. The minimum atomic E-state index is -0.497. The number of esters is 2. The number of nitrogens with zero attached hydrogens (tertiary/aromatic N) is 2. The van der Waals surface area contributed by atoms with E-state index in [1.807, 2.05) is 44.1 Å². The molecule has 1 aliphatic rings. The maximum absolute atomic E-state index is 11.7. The molecule has 0 spiro atoms. The molecule has 1 unspecified atom stereocenters. The van der Waals surface area contributed by atoms with E-state index < -0.39 is 5.97 Å². The molecule has 8 heteroatoms. The predicted molar refractivity (Wildman–Crippen MR) is 129 cm³/mol. The van der Waals surface area contributed by atoms with E-state index >= 15 is 0 Å². The van der Waals surface area contributed by atoms with Crippen molar-refractivity contribution in [2.75, 3.05) is 14.2 Å². The number of phenolic OH excluding ortho intramolecular Hbond substituents is 1. The quantitative estimate of drug-likeness (QED) is 0.466. The van der Waals surface area contributed by atoms with Gasteiger partial charge < -0.3 is 19.3 Å². The van der Waals surface area contributed by atoms with Crippen LogP contribution in [0.15, 0.2) is 41.5 Å². The normalized spacial score (nSPS) is 15.6. The molecule has 1 heterocycles. The molecule has 1 aliphatic heterocycles. The van der Waals surface area contributed by atoms with E-state index in [4.69, 9.17) is 14.2 Å². The first-order valence-corrected chi connectivity index (χ1v) is 11.0. The summed E-state index contributed by atoms with van der Waals surface area (Å²) in [6, 6.07) is 8.76. The van der Waals surface area contributed by atoms with E-state index in [1.165, 1.54) is 21.0 Å². The zero-order valence-electron chi connectivity index (χ0n) is 20.3. The van der Waals surface area contributed by atoms with E-state index in [2.05, 4.69) is 5.10 Å². The Morgan fingerprint density at radius 1 is 1.12 bits per heavy atom. The van der Waals surface area contributed by atoms with Crippen molar-refractivity contribution in [3.8, 4) is 23.0 Å². The van der Waals surface area contributed by atoms with Gasteiger partial charge in [-0.15, -0.1) is 0 Å². The summed E-state index contributed by atoms with van der Waals surface area (Å²) in [4.78, 5) is 22.8. The van der Waals surface area contributed by atoms with E-state index in [0.29, 0.717) is 34.8 Å². The summed E-state index contributed by atoms with van der Waals surface area (Å²) in [5.74, 6) is 0.331. The summed E-state index contributed by atoms with van der Waals surface area (Å²) in [5.41, 5.74) is 2.46. The monoisotopic (exact) mass is 466 g/mol. The number of ether oxygens (including phenoxy) is 3. The Bertz CT molecular complexity index is 1130. The van der Waals surface area contributed by atoms with Gasteiger partial charge in [0.05, 0.1) is 30.0 Å². The Morgan fingerprint density at radius 2 is 1.76 bits per heavy atom. The van der Waals surface area contributed by atoms with Crippen LogP contribution < -0.4 is 14.2 Å². The minimum absolute atomic E-state index is 0.0643. The molecular weight excluding hydrogens is 436 g/mol. The van der Waals surface area contributed by atoms with Gasteiger partial charge in [0, 0.05) is 33.4 Å². The van der Waals surface area contributed by atoms with Gasteiger partial charge in [0.15, 0.2) is 0 Å². The summed E-state index contributed by atoms with van der Waals surface area (Å²) in [6.45, 7) is 6.68. The molecule has 0 aromatic heterocycles. The van der Waals surface area contributed by atoms with E-state index in [-0.39, 0.29) is 29.4 Å². The summed E-state index contributed by atoms with van der Waals surface area (Å²) in [5, 5.41) is 17.8. The van der Waals surface area contributed by atoms with Crippen molar-refractivity contribution in [3.05, 3.63) is 53.1 Å². The van der Waals surface area contributed by atoms with E-state index in [9.17, 15) is 14.7 Å². The number of rotatable bonds is 7. The molecule has 34 heavy (non-hydrogen) atoms. The van der Waals surface area contributed by atoms with Gasteiger partial charge in [-0.25, -0.2) is 0 Å². The van der Waals surface area contributed by atoms with Crippen LogP contribution in [0.3, 0.4) is 0 Å². The number of hydrogen-bond donors (Lipinski definition) is 1. The van der Waals surface area contributed by atoms with Gasteiger partial charge >= 0.3 is 11.9 Å². The lowest BCUT2D eigenvalue weighted by atomic mass is 9.95. The maximum atomic E-state index is 11.7. The Kier molecular flexibility index (Phi) is 7.61. The van der Waals surface area contributed by atoms with Gasteiger partial charge in [0.2, 0.25) is 0 Å². The lowest BCUT2D eigenvalue weighted by Gasteiger charge is -2.19. The van der Waals surface area contributed by atoms with Crippen LogP contribution in [-0.4, -0.2) is 41.9 Å². The number of benzene rings is 2. The van der Waals surface area contributed by atoms with Crippen molar-refractivity contribution < 1.29 is 28.9 Å². The maximum Gasteiger partial charge on any atom is 0.308 e. The van der Waals surface area contributed by atoms with E-state index in [1.54, 1.807) is 24.3 Å². The second-order valence-corrected chi connectivity index (χ2v) is 8.41. The SMILES string of the molecule is COc1cc(OC(C)=O)c(C=CC(C)C)c(O)c1C1=NN(C)C(c2ccc(OC(C)=O)cc2)C1. The summed E-state index contributed by atoms with van der Waals surface area (Å²) in [6.07, 6.45) is 4.16. The molecule has 0 radical (unpaired) electrons. The third kappa shape index (κ3) is 5.57. The largest absolute Gasteiger partial charge is 0.506 e. The molecule has 0 saturated heterocycles. The van der Waals surface area contributed by atoms with Gasteiger partial charge in [-0.3, -0.25) is 14.6 Å². The van der Waals surface area contributed by atoms with Gasteiger partial charge in [-0.05, 0) is 23.6 Å². The van der Waals surface area contributed by atoms with Crippen LogP contribution in [0.25, 0.3) is 6.08 Å². The number of phenols is 1. The van der Waals surface area contributed by atoms with Crippen LogP contribution in [0.2, 0.25) is 0 Å². The molecule has 0 aliphatic carbocycles.